The molecule has 6 nitrogen and oxygen atoms in total. The Balaban J connectivity index is 1.66. The zero-order chi connectivity index (χ0) is 28.3. The van der Waals surface area contributed by atoms with Crippen molar-refractivity contribution >= 4 is 50.5 Å². The maximum absolute atomic E-state index is 13.5. The first-order valence-electron chi connectivity index (χ1n) is 13.1. The molecule has 0 N–H and O–H groups in total. The van der Waals surface area contributed by atoms with Crippen LogP contribution in [0.3, 0.4) is 0 Å². The monoisotopic (exact) mass is 620 g/mol. The molecule has 40 heavy (non-hydrogen) atoms. The number of para-hydroxylation sites is 1. The Kier molecular flexibility index (Phi) is 11.0. The number of halogens is 1. The van der Waals surface area contributed by atoms with E-state index in [9.17, 15) is 4.79 Å². The van der Waals surface area contributed by atoms with Crippen LogP contribution in [0.2, 0.25) is 0 Å². The number of thioether (sulfide) groups is 1. The van der Waals surface area contributed by atoms with Crippen LogP contribution in [0.5, 0.6) is 11.5 Å². The van der Waals surface area contributed by atoms with Gasteiger partial charge in [0.05, 0.1) is 17.2 Å². The highest BCUT2D eigenvalue weighted by molar-refractivity contribution is 9.10. The Morgan fingerprint density at radius 1 is 1.07 bits per heavy atom. The molecule has 1 fully saturated rings. The fraction of sp³-hybridized carbons (Fsp3) is 0.250. The molecule has 3 aromatic carbocycles. The fourth-order valence-corrected chi connectivity index (χ4v) is 5.45. The lowest BCUT2D eigenvalue weighted by Crippen LogP contribution is -2.30. The second kappa shape index (κ2) is 14.9. The van der Waals surface area contributed by atoms with E-state index in [2.05, 4.69) is 22.5 Å². The highest BCUT2D eigenvalue weighted by Crippen LogP contribution is 2.38. The number of benzene rings is 3. The Morgan fingerprint density at radius 3 is 2.55 bits per heavy atom. The molecule has 0 saturated carbocycles. The number of hydrogen-bond donors (Lipinski definition) is 0. The Bertz CT molecular complexity index is 1370. The summed E-state index contributed by atoms with van der Waals surface area (Å²) in [6.45, 7) is 7.85. The summed E-state index contributed by atoms with van der Waals surface area (Å²) in [6.07, 6.45) is 5.05. The van der Waals surface area contributed by atoms with E-state index >= 15 is 0 Å². The fourth-order valence-electron chi connectivity index (χ4n) is 4.16. The van der Waals surface area contributed by atoms with Gasteiger partial charge in [0.25, 0.3) is 5.91 Å². The molecule has 0 unspecified atom stereocenters. The van der Waals surface area contributed by atoms with Gasteiger partial charge in [-0.15, -0.1) is 6.58 Å². The Hall–Kier alpha value is -3.33. The van der Waals surface area contributed by atoms with Crippen molar-refractivity contribution in [3.63, 3.8) is 0 Å². The molecule has 1 heterocycles. The van der Waals surface area contributed by atoms with E-state index in [0.29, 0.717) is 60.8 Å². The number of carbonyl (C=O) groups is 1. The van der Waals surface area contributed by atoms with Crippen LogP contribution in [0, 0.1) is 0 Å². The van der Waals surface area contributed by atoms with Crippen LogP contribution >= 0.6 is 27.7 Å². The van der Waals surface area contributed by atoms with Crippen LogP contribution in [0.25, 0.3) is 6.08 Å². The van der Waals surface area contributed by atoms with Crippen molar-refractivity contribution in [2.75, 3.05) is 26.9 Å². The van der Waals surface area contributed by atoms with Crippen LogP contribution in [0.1, 0.15) is 30.0 Å². The minimum absolute atomic E-state index is 0.0745. The van der Waals surface area contributed by atoms with Crippen molar-refractivity contribution < 1.29 is 19.0 Å². The standard InChI is InChI=1S/C32H33BrN2O4S/c1-4-10-25-19-24(20-28(38-5-2)30(25)39-22-23-13-15-26(33)16-14-23)21-29-31(36)35(17-9-18-37-3)32(40-29)34-27-11-7-6-8-12-27/h4,6-8,11-16,19-21H,1,5,9-10,17-18,22H2,2-3H3/b29-21-,34-32?. The van der Waals surface area contributed by atoms with Gasteiger partial charge in [0.15, 0.2) is 16.7 Å². The van der Waals surface area contributed by atoms with E-state index in [1.54, 1.807) is 12.0 Å². The molecule has 4 rings (SSSR count). The lowest BCUT2D eigenvalue weighted by molar-refractivity contribution is -0.122. The molecule has 8 heteroatoms. The number of carbonyl (C=O) groups excluding carboxylic acids is 1. The average molecular weight is 622 g/mol. The molecule has 0 aromatic heterocycles. The Morgan fingerprint density at radius 2 is 1.85 bits per heavy atom. The Labute approximate surface area is 248 Å². The third-order valence-corrected chi connectivity index (χ3v) is 7.55. The van der Waals surface area contributed by atoms with Crippen molar-refractivity contribution in [1.29, 1.82) is 0 Å². The third-order valence-electron chi connectivity index (χ3n) is 6.01. The van der Waals surface area contributed by atoms with Crippen molar-refractivity contribution in [1.82, 2.24) is 4.90 Å². The number of allylic oxidation sites excluding steroid dienone is 1. The molecular formula is C32H33BrN2O4S. The topological polar surface area (TPSA) is 60.4 Å². The van der Waals surface area contributed by atoms with Gasteiger partial charge in [-0.2, -0.15) is 0 Å². The van der Waals surface area contributed by atoms with Gasteiger partial charge in [0.1, 0.15) is 6.61 Å². The highest BCUT2D eigenvalue weighted by Gasteiger charge is 2.33. The number of amides is 1. The number of nitrogens with zero attached hydrogens (tertiary/aromatic N) is 2. The molecule has 0 bridgehead atoms. The first kappa shape index (κ1) is 29.6. The maximum Gasteiger partial charge on any atom is 0.266 e. The molecule has 0 spiro atoms. The minimum Gasteiger partial charge on any atom is -0.490 e. The summed E-state index contributed by atoms with van der Waals surface area (Å²) in [5.74, 6) is 1.25. The maximum atomic E-state index is 13.5. The molecular weight excluding hydrogens is 588 g/mol. The molecule has 1 aliphatic heterocycles. The van der Waals surface area contributed by atoms with Crippen LogP contribution in [0.15, 0.2) is 93.8 Å². The van der Waals surface area contributed by atoms with Crippen LogP contribution in [-0.4, -0.2) is 42.8 Å². The summed E-state index contributed by atoms with van der Waals surface area (Å²) >= 11 is 4.85. The van der Waals surface area contributed by atoms with Crippen molar-refractivity contribution in [2.45, 2.75) is 26.4 Å². The van der Waals surface area contributed by atoms with Gasteiger partial charge in [-0.25, -0.2) is 4.99 Å². The second-order valence-corrected chi connectivity index (χ2v) is 10.9. The molecule has 1 saturated heterocycles. The van der Waals surface area contributed by atoms with Gasteiger partial charge in [-0.3, -0.25) is 9.69 Å². The largest absolute Gasteiger partial charge is 0.490 e. The predicted octanol–water partition coefficient (Wildman–Crippen LogP) is 7.80. The van der Waals surface area contributed by atoms with Crippen LogP contribution in [-0.2, 0) is 22.6 Å². The summed E-state index contributed by atoms with van der Waals surface area (Å²) in [7, 11) is 1.66. The van der Waals surface area contributed by atoms with E-state index in [0.717, 1.165) is 26.9 Å². The first-order valence-corrected chi connectivity index (χ1v) is 14.7. The summed E-state index contributed by atoms with van der Waals surface area (Å²) in [4.78, 5) is 20.6. The van der Waals surface area contributed by atoms with Crippen molar-refractivity contribution in [2.24, 2.45) is 4.99 Å². The third kappa shape index (κ3) is 7.87. The number of ether oxygens (including phenoxy) is 3. The number of rotatable bonds is 13. The predicted molar refractivity (Wildman–Crippen MR) is 167 cm³/mol. The number of methoxy groups -OCH3 is 1. The lowest BCUT2D eigenvalue weighted by Gasteiger charge is -2.17. The van der Waals surface area contributed by atoms with Gasteiger partial charge in [0.2, 0.25) is 0 Å². The SMILES string of the molecule is C=CCc1cc(/C=C2\SC(=Nc3ccccc3)N(CCCOC)C2=O)cc(OCC)c1OCc1ccc(Br)cc1. The van der Waals surface area contributed by atoms with Gasteiger partial charge in [0, 0.05) is 30.3 Å². The van der Waals surface area contributed by atoms with Gasteiger partial charge in [-0.1, -0.05) is 52.3 Å². The minimum atomic E-state index is -0.0745. The van der Waals surface area contributed by atoms with Gasteiger partial charge in [-0.05, 0) is 85.1 Å². The number of aliphatic imine (C=N–C) groups is 1. The summed E-state index contributed by atoms with van der Waals surface area (Å²) in [5.41, 5.74) is 3.64. The van der Waals surface area contributed by atoms with E-state index in [4.69, 9.17) is 19.2 Å². The van der Waals surface area contributed by atoms with Gasteiger partial charge >= 0.3 is 0 Å². The van der Waals surface area contributed by atoms with E-state index in [1.807, 2.05) is 85.8 Å². The van der Waals surface area contributed by atoms with Crippen molar-refractivity contribution in [3.05, 3.63) is 105 Å². The molecule has 3 aromatic rings. The molecule has 0 aliphatic carbocycles. The molecule has 0 radical (unpaired) electrons. The van der Waals surface area contributed by atoms with E-state index < -0.39 is 0 Å². The summed E-state index contributed by atoms with van der Waals surface area (Å²) in [6, 6.07) is 21.6. The van der Waals surface area contributed by atoms with Crippen LogP contribution in [0.4, 0.5) is 5.69 Å². The zero-order valence-corrected chi connectivity index (χ0v) is 25.2. The smallest absolute Gasteiger partial charge is 0.266 e. The summed E-state index contributed by atoms with van der Waals surface area (Å²) in [5, 5.41) is 0.657. The van der Waals surface area contributed by atoms with E-state index in [1.165, 1.54) is 11.8 Å². The van der Waals surface area contributed by atoms with E-state index in [-0.39, 0.29) is 5.91 Å². The molecule has 0 atom stereocenters. The number of hydrogen-bond acceptors (Lipinski definition) is 6. The first-order chi connectivity index (χ1) is 19.5. The normalized spacial score (nSPS) is 15.2. The highest BCUT2D eigenvalue weighted by atomic mass is 79.9. The average Bonchev–Trinajstić information content (AvgIpc) is 3.23. The zero-order valence-electron chi connectivity index (χ0n) is 22.8. The van der Waals surface area contributed by atoms with Crippen molar-refractivity contribution in [3.8, 4) is 11.5 Å². The number of amidine groups is 1. The quantitative estimate of drug-likeness (QED) is 0.111. The molecule has 208 valence electrons. The second-order valence-electron chi connectivity index (χ2n) is 8.99. The summed E-state index contributed by atoms with van der Waals surface area (Å²) < 4.78 is 18.5. The van der Waals surface area contributed by atoms with Gasteiger partial charge < -0.3 is 14.2 Å². The molecule has 1 aliphatic rings. The molecule has 1 amide bonds. The van der Waals surface area contributed by atoms with Crippen LogP contribution < -0.4 is 9.47 Å². The lowest BCUT2D eigenvalue weighted by atomic mass is 10.0.